The Morgan fingerprint density at radius 3 is 2.29 bits per heavy atom. The molecule has 0 bridgehead atoms. The van der Waals surface area contributed by atoms with E-state index in [0.29, 0.717) is 0 Å². The van der Waals surface area contributed by atoms with E-state index in [1.807, 2.05) is 0 Å². The van der Waals surface area contributed by atoms with Crippen molar-refractivity contribution in [3.05, 3.63) is 19.3 Å². The fourth-order valence-electron chi connectivity index (χ4n) is 0.448. The van der Waals surface area contributed by atoms with Crippen LogP contribution in [0.25, 0.3) is 0 Å². The second-order valence-corrected chi connectivity index (χ2v) is 4.86. The Balaban J connectivity index is 3.12. The molecule has 7 heavy (non-hydrogen) atoms. The Morgan fingerprint density at radius 1 is 1.43 bits per heavy atom. The van der Waals surface area contributed by atoms with Crippen LogP contribution in [0.1, 0.15) is 9.14 Å². The van der Waals surface area contributed by atoms with Gasteiger partial charge in [-0.3, -0.25) is 0 Å². The van der Waals surface area contributed by atoms with Crippen molar-refractivity contribution in [3.8, 4) is 0 Å². The molecule has 0 aliphatic rings. The van der Waals surface area contributed by atoms with Gasteiger partial charge in [-0.2, -0.15) is 0 Å². The summed E-state index contributed by atoms with van der Waals surface area (Å²) < 4.78 is 3.97. The molecule has 0 N–H and O–H groups in total. The van der Waals surface area contributed by atoms with E-state index in [9.17, 15) is 0 Å². The predicted octanol–water partition coefficient (Wildman–Crippen LogP) is 1.36. The van der Waals surface area contributed by atoms with Gasteiger partial charge in [0.1, 0.15) is 0 Å². The summed E-state index contributed by atoms with van der Waals surface area (Å²) in [5.41, 5.74) is 1.50. The van der Waals surface area contributed by atoms with Gasteiger partial charge >= 0.3 is 53.6 Å². The maximum absolute atomic E-state index is 2.33. The topological polar surface area (TPSA) is 0 Å². The Labute approximate surface area is 53.8 Å². The maximum atomic E-state index is 2.33. The molecule has 1 aromatic heterocycles. The summed E-state index contributed by atoms with van der Waals surface area (Å²) in [6.45, 7) is 4.42. The Kier molecular flexibility index (Phi) is 1.57. The fraction of sp³-hybridized carbons (Fsp3) is 0.333. The third-order valence-electron chi connectivity index (χ3n) is 1.12. The van der Waals surface area contributed by atoms with E-state index in [0.717, 1.165) is 0 Å². The zero-order valence-corrected chi connectivity index (χ0v) is 6.89. The first-order valence-electron chi connectivity index (χ1n) is 2.31. The van der Waals surface area contributed by atoms with Crippen LogP contribution in [-0.2, 0) is 0 Å². The van der Waals surface area contributed by atoms with E-state index < -0.39 is 0 Å². The van der Waals surface area contributed by atoms with Crippen molar-refractivity contribution in [1.29, 1.82) is 0 Å². The van der Waals surface area contributed by atoms with E-state index in [-0.39, 0.29) is 20.4 Å². The molecule has 1 heterocycles. The SMILES string of the molecule is Cc1cc[te]c1C. The van der Waals surface area contributed by atoms with Crippen molar-refractivity contribution in [2.24, 2.45) is 0 Å². The van der Waals surface area contributed by atoms with E-state index in [2.05, 4.69) is 24.0 Å². The summed E-state index contributed by atoms with van der Waals surface area (Å²) in [4.78, 5) is 0. The Hall–Kier alpha value is 0.270. The normalized spacial score (nSPS) is 9.43. The van der Waals surface area contributed by atoms with Gasteiger partial charge in [0, 0.05) is 0 Å². The van der Waals surface area contributed by atoms with Crippen LogP contribution in [-0.4, -0.2) is 20.4 Å². The van der Waals surface area contributed by atoms with Crippen LogP contribution < -0.4 is 0 Å². The molecule has 0 atom stereocenters. The molecule has 1 aromatic rings. The van der Waals surface area contributed by atoms with Crippen molar-refractivity contribution >= 4 is 20.4 Å². The molecule has 1 rings (SSSR count). The predicted molar refractivity (Wildman–Crippen MR) is 32.9 cm³/mol. The van der Waals surface area contributed by atoms with Crippen molar-refractivity contribution < 1.29 is 0 Å². The molecule has 38 valence electrons. The van der Waals surface area contributed by atoms with E-state index in [1.165, 1.54) is 5.56 Å². The van der Waals surface area contributed by atoms with Crippen LogP contribution in [0.4, 0.5) is 0 Å². The van der Waals surface area contributed by atoms with Crippen LogP contribution in [0, 0.1) is 13.8 Å². The number of hydrogen-bond donors (Lipinski definition) is 0. The summed E-state index contributed by atoms with van der Waals surface area (Å²) in [5, 5.41) is 0. The second kappa shape index (κ2) is 2.03. The molecule has 0 amide bonds. The van der Waals surface area contributed by atoms with Gasteiger partial charge in [-0.15, -0.1) is 0 Å². The van der Waals surface area contributed by atoms with Crippen molar-refractivity contribution in [2.75, 3.05) is 0 Å². The molecule has 0 saturated heterocycles. The van der Waals surface area contributed by atoms with Gasteiger partial charge in [0.15, 0.2) is 0 Å². The van der Waals surface area contributed by atoms with Gasteiger partial charge in [-0.1, -0.05) is 0 Å². The van der Waals surface area contributed by atoms with Crippen molar-refractivity contribution in [1.82, 2.24) is 0 Å². The number of rotatable bonds is 0. The summed E-state index contributed by atoms with van der Waals surface area (Å²) in [7, 11) is 0. The van der Waals surface area contributed by atoms with Crippen LogP contribution in [0.3, 0.4) is 0 Å². The Bertz CT molecular complexity index is 136. The van der Waals surface area contributed by atoms with Crippen LogP contribution >= 0.6 is 0 Å². The van der Waals surface area contributed by atoms with E-state index >= 15 is 0 Å². The van der Waals surface area contributed by atoms with Gasteiger partial charge in [-0.05, 0) is 0 Å². The zero-order valence-electron chi connectivity index (χ0n) is 4.56. The minimum absolute atomic E-state index is 0.187. The summed E-state index contributed by atoms with van der Waals surface area (Å²) in [5.74, 6) is 0. The van der Waals surface area contributed by atoms with Gasteiger partial charge in [0.05, 0.1) is 0 Å². The van der Waals surface area contributed by atoms with Gasteiger partial charge in [0.25, 0.3) is 0 Å². The molecular weight excluding hydrogens is 200 g/mol. The van der Waals surface area contributed by atoms with Gasteiger partial charge in [-0.25, -0.2) is 0 Å². The number of aryl methyl sites for hydroxylation is 2. The quantitative estimate of drug-likeness (QED) is 0.564. The van der Waals surface area contributed by atoms with Crippen molar-refractivity contribution in [3.63, 3.8) is 0 Å². The first kappa shape index (κ1) is 5.41. The van der Waals surface area contributed by atoms with Crippen LogP contribution in [0.2, 0.25) is 0 Å². The molecule has 0 radical (unpaired) electrons. The van der Waals surface area contributed by atoms with Crippen molar-refractivity contribution in [2.45, 2.75) is 13.8 Å². The molecule has 0 spiro atoms. The molecule has 0 unspecified atom stereocenters. The molecule has 0 fully saturated rings. The van der Waals surface area contributed by atoms with E-state index in [4.69, 9.17) is 0 Å². The molecule has 0 nitrogen and oxygen atoms in total. The van der Waals surface area contributed by atoms with Gasteiger partial charge in [0.2, 0.25) is 0 Å². The first-order chi connectivity index (χ1) is 3.30. The molecule has 0 aliphatic heterocycles. The average molecular weight is 208 g/mol. The van der Waals surface area contributed by atoms with E-state index in [1.54, 1.807) is 3.58 Å². The third kappa shape index (κ3) is 1.08. The molecular formula is C6H8Te. The fourth-order valence-corrected chi connectivity index (χ4v) is 2.53. The van der Waals surface area contributed by atoms with Crippen LogP contribution in [0.15, 0.2) is 10.1 Å². The minimum atomic E-state index is 0.187. The molecule has 1 heteroatoms. The number of hydrogen-bond acceptors (Lipinski definition) is 0. The van der Waals surface area contributed by atoms with Crippen LogP contribution in [0.5, 0.6) is 0 Å². The molecule has 0 aliphatic carbocycles. The monoisotopic (exact) mass is 210 g/mol. The molecule has 0 aromatic carbocycles. The van der Waals surface area contributed by atoms with Gasteiger partial charge < -0.3 is 0 Å². The summed E-state index contributed by atoms with van der Waals surface area (Å²) >= 11 is 0.187. The zero-order chi connectivity index (χ0) is 5.28. The molecule has 0 saturated carbocycles. The first-order valence-corrected chi connectivity index (χ1v) is 4.82. The Morgan fingerprint density at radius 2 is 2.14 bits per heavy atom. The third-order valence-corrected chi connectivity index (χ3v) is 3.82. The summed E-state index contributed by atoms with van der Waals surface area (Å²) in [6, 6.07) is 2.23. The average Bonchev–Trinajstić information content (AvgIpc) is 1.91. The standard InChI is InChI=1S/C6H8Te/c1-5-3-4-7-6(5)2/h3-4H,1-2H3. The second-order valence-electron chi connectivity index (χ2n) is 1.66. The summed E-state index contributed by atoms with van der Waals surface area (Å²) in [6.07, 6.45) is 0.